The van der Waals surface area contributed by atoms with Gasteiger partial charge in [0, 0.05) is 44.9 Å². The number of aliphatic hydroxyl groups is 1. The molecule has 2 aromatic rings. The lowest BCUT2D eigenvalue weighted by atomic mass is 10.1. The summed E-state index contributed by atoms with van der Waals surface area (Å²) in [6, 6.07) is 4.27. The smallest absolute Gasteiger partial charge is 0.225 e. The summed E-state index contributed by atoms with van der Waals surface area (Å²) in [5.74, 6) is 1.51. The first-order valence-corrected chi connectivity index (χ1v) is 9.91. The van der Waals surface area contributed by atoms with Crippen LogP contribution in [0.1, 0.15) is 25.8 Å². The highest BCUT2D eigenvalue weighted by atomic mass is 32.1. The summed E-state index contributed by atoms with van der Waals surface area (Å²) in [4.78, 5) is 13.2. The van der Waals surface area contributed by atoms with Crippen molar-refractivity contribution in [2.75, 3.05) is 36.9 Å². The second kappa shape index (κ2) is 8.66. The third-order valence-electron chi connectivity index (χ3n) is 4.42. The maximum absolute atomic E-state index is 9.50. The quantitative estimate of drug-likeness (QED) is 0.763. The predicted molar refractivity (Wildman–Crippen MR) is 105 cm³/mol. The molecule has 1 saturated heterocycles. The summed E-state index contributed by atoms with van der Waals surface area (Å²) in [6.07, 6.45) is 0.762. The van der Waals surface area contributed by atoms with Crippen molar-refractivity contribution in [3.63, 3.8) is 0 Å². The summed E-state index contributed by atoms with van der Waals surface area (Å²) in [6.45, 7) is 7.55. The highest BCUT2D eigenvalue weighted by molar-refractivity contribution is 7.07. The first kappa shape index (κ1) is 18.9. The molecule has 0 unspecified atom stereocenters. The van der Waals surface area contributed by atoms with Gasteiger partial charge in [0.1, 0.15) is 5.82 Å². The number of thiophene rings is 1. The van der Waals surface area contributed by atoms with E-state index in [1.807, 2.05) is 19.9 Å². The summed E-state index contributed by atoms with van der Waals surface area (Å²) >= 11 is 1.72. The van der Waals surface area contributed by atoms with Crippen molar-refractivity contribution in [2.24, 2.45) is 0 Å². The van der Waals surface area contributed by atoms with Gasteiger partial charge in [-0.3, -0.25) is 4.90 Å². The first-order chi connectivity index (χ1) is 12.5. The van der Waals surface area contributed by atoms with E-state index in [2.05, 4.69) is 36.6 Å². The van der Waals surface area contributed by atoms with Crippen LogP contribution in [0.25, 0.3) is 0 Å². The molecule has 1 atom stereocenters. The number of nitrogens with two attached hydrogens (primary N) is 1. The molecule has 3 heterocycles. The molecule has 1 fully saturated rings. The van der Waals surface area contributed by atoms with Crippen molar-refractivity contribution in [1.29, 1.82) is 0 Å². The molecule has 0 aliphatic carbocycles. The minimum absolute atomic E-state index is 0.0294. The van der Waals surface area contributed by atoms with E-state index in [0.29, 0.717) is 5.88 Å². The Morgan fingerprint density at radius 2 is 2.23 bits per heavy atom. The van der Waals surface area contributed by atoms with Crippen molar-refractivity contribution in [3.05, 3.63) is 28.5 Å². The second-order valence-electron chi connectivity index (χ2n) is 6.80. The zero-order valence-electron chi connectivity index (χ0n) is 15.3. The van der Waals surface area contributed by atoms with Crippen LogP contribution in [0.15, 0.2) is 22.9 Å². The zero-order valence-corrected chi connectivity index (χ0v) is 16.2. The van der Waals surface area contributed by atoms with E-state index in [4.69, 9.17) is 10.5 Å². The Bertz CT molecular complexity index is 695. The first-order valence-electron chi connectivity index (χ1n) is 8.97. The maximum atomic E-state index is 9.50. The minimum atomic E-state index is 0.0294. The molecule has 7 nitrogen and oxygen atoms in total. The van der Waals surface area contributed by atoms with Gasteiger partial charge >= 0.3 is 0 Å². The summed E-state index contributed by atoms with van der Waals surface area (Å²) in [7, 11) is 0. The molecule has 0 amide bonds. The molecule has 2 aromatic heterocycles. The molecule has 0 bridgehead atoms. The van der Waals surface area contributed by atoms with E-state index in [-0.39, 0.29) is 24.7 Å². The SMILES string of the molecule is CC(C)Oc1cc(N2CCN(Cc3ccsc3)[C@@H](CCO)C2)nc(N)n1. The average molecular weight is 378 g/mol. The van der Waals surface area contributed by atoms with Gasteiger partial charge in [0.15, 0.2) is 0 Å². The van der Waals surface area contributed by atoms with Gasteiger partial charge in [0.25, 0.3) is 0 Å². The number of anilines is 2. The molecular formula is C18H27N5O2S. The fourth-order valence-electron chi connectivity index (χ4n) is 3.24. The lowest BCUT2D eigenvalue weighted by Crippen LogP contribution is -2.53. The topological polar surface area (TPSA) is 87.7 Å². The number of hydrogen-bond acceptors (Lipinski definition) is 8. The lowest BCUT2D eigenvalue weighted by Gasteiger charge is -2.42. The molecule has 3 N–H and O–H groups in total. The Kier molecular flexibility index (Phi) is 6.29. The van der Waals surface area contributed by atoms with Crippen LogP contribution in [0.3, 0.4) is 0 Å². The van der Waals surface area contributed by atoms with Crippen LogP contribution >= 0.6 is 11.3 Å². The van der Waals surface area contributed by atoms with Gasteiger partial charge in [0.05, 0.1) is 6.10 Å². The van der Waals surface area contributed by atoms with E-state index in [9.17, 15) is 5.11 Å². The Labute approximate surface area is 158 Å². The normalized spacial score (nSPS) is 18.5. The predicted octanol–water partition coefficient (Wildman–Crippen LogP) is 1.98. The largest absolute Gasteiger partial charge is 0.475 e. The van der Waals surface area contributed by atoms with Crippen LogP contribution in [0.5, 0.6) is 5.88 Å². The van der Waals surface area contributed by atoms with Gasteiger partial charge in [0.2, 0.25) is 11.8 Å². The number of aromatic nitrogens is 2. The van der Waals surface area contributed by atoms with Crippen molar-refractivity contribution in [2.45, 2.75) is 39.0 Å². The third-order valence-corrected chi connectivity index (χ3v) is 5.15. The highest BCUT2D eigenvalue weighted by Crippen LogP contribution is 2.24. The minimum Gasteiger partial charge on any atom is -0.475 e. The number of hydrogen-bond donors (Lipinski definition) is 2. The van der Waals surface area contributed by atoms with E-state index >= 15 is 0 Å². The summed E-state index contributed by atoms with van der Waals surface area (Å²) < 4.78 is 5.69. The Morgan fingerprint density at radius 3 is 2.92 bits per heavy atom. The number of nitrogens with zero attached hydrogens (tertiary/aromatic N) is 4. The number of piperazine rings is 1. The van der Waals surface area contributed by atoms with Gasteiger partial charge < -0.3 is 20.5 Å². The monoisotopic (exact) mass is 377 g/mol. The molecule has 0 aromatic carbocycles. The van der Waals surface area contributed by atoms with E-state index < -0.39 is 0 Å². The Balaban J connectivity index is 1.73. The summed E-state index contributed by atoms with van der Waals surface area (Å²) in [5, 5.41) is 13.8. The van der Waals surface area contributed by atoms with Crippen molar-refractivity contribution >= 4 is 23.1 Å². The molecule has 1 aliphatic heterocycles. The van der Waals surface area contributed by atoms with Gasteiger partial charge in [-0.15, -0.1) is 0 Å². The fraction of sp³-hybridized carbons (Fsp3) is 0.556. The third kappa shape index (κ3) is 4.84. The standard InChI is InChI=1S/C18H27N5O2S/c1-13(2)25-17-9-16(20-18(19)21-17)23-6-5-22(15(11-23)3-7-24)10-14-4-8-26-12-14/h4,8-9,12-13,15,24H,3,5-7,10-11H2,1-2H3,(H2,19,20,21)/t15-/m0/s1. The fourth-order valence-corrected chi connectivity index (χ4v) is 3.90. The van der Waals surface area contributed by atoms with Crippen molar-refractivity contribution < 1.29 is 9.84 Å². The molecule has 0 spiro atoms. The number of rotatable bonds is 7. The molecule has 0 saturated carbocycles. The van der Waals surface area contributed by atoms with Crippen LogP contribution < -0.4 is 15.4 Å². The Hall–Kier alpha value is -1.90. The van der Waals surface area contributed by atoms with Crippen molar-refractivity contribution in [1.82, 2.24) is 14.9 Å². The molecular weight excluding hydrogens is 350 g/mol. The summed E-state index contributed by atoms with van der Waals surface area (Å²) in [5.41, 5.74) is 7.20. The van der Waals surface area contributed by atoms with Crippen LogP contribution in [-0.2, 0) is 6.54 Å². The average Bonchev–Trinajstić information content (AvgIpc) is 3.08. The van der Waals surface area contributed by atoms with E-state index in [0.717, 1.165) is 38.4 Å². The molecule has 8 heteroatoms. The van der Waals surface area contributed by atoms with Crippen molar-refractivity contribution in [3.8, 4) is 5.88 Å². The molecule has 142 valence electrons. The van der Waals surface area contributed by atoms with Crippen LogP contribution in [-0.4, -0.2) is 58.4 Å². The zero-order chi connectivity index (χ0) is 18.5. The van der Waals surface area contributed by atoms with Gasteiger partial charge in [-0.05, 0) is 42.7 Å². The molecule has 1 aliphatic rings. The van der Waals surface area contributed by atoms with E-state index in [1.54, 1.807) is 11.3 Å². The van der Waals surface area contributed by atoms with Crippen LogP contribution in [0.2, 0.25) is 0 Å². The molecule has 3 rings (SSSR count). The molecule has 26 heavy (non-hydrogen) atoms. The Morgan fingerprint density at radius 1 is 1.38 bits per heavy atom. The van der Waals surface area contributed by atoms with Crippen LogP contribution in [0.4, 0.5) is 11.8 Å². The molecule has 0 radical (unpaired) electrons. The maximum Gasteiger partial charge on any atom is 0.225 e. The number of aliphatic hydroxyl groups excluding tert-OH is 1. The van der Waals surface area contributed by atoms with Crippen LogP contribution in [0, 0.1) is 0 Å². The second-order valence-corrected chi connectivity index (χ2v) is 7.58. The van der Waals surface area contributed by atoms with Gasteiger partial charge in [-0.1, -0.05) is 0 Å². The highest BCUT2D eigenvalue weighted by Gasteiger charge is 2.28. The number of ether oxygens (including phenoxy) is 1. The van der Waals surface area contributed by atoms with Gasteiger partial charge in [-0.25, -0.2) is 0 Å². The van der Waals surface area contributed by atoms with E-state index in [1.165, 1.54) is 5.56 Å². The van der Waals surface area contributed by atoms with Gasteiger partial charge in [-0.2, -0.15) is 21.3 Å². The lowest BCUT2D eigenvalue weighted by molar-refractivity contribution is 0.135. The number of nitrogen functional groups attached to an aromatic ring is 1.